The minimum absolute atomic E-state index is 0.0368. The monoisotopic (exact) mass is 292 g/mol. The normalized spacial score (nSPS) is 27.2. The average molecular weight is 292 g/mol. The van der Waals surface area contributed by atoms with Gasteiger partial charge in [0.05, 0.1) is 20.2 Å². The standard InChI is InChI=1S/C16H21NO4/c1-19-13-2-4-14(5-3-13)20-11-16(18)21-15-10-17-8-6-12(15)7-9-17/h2-5,12,15H,6-11H2,1H3/p+1/t15-/m1/s1. The first-order chi connectivity index (χ1) is 10.2. The molecule has 114 valence electrons. The minimum Gasteiger partial charge on any atom is -0.497 e. The summed E-state index contributed by atoms with van der Waals surface area (Å²) in [5.74, 6) is 1.68. The van der Waals surface area contributed by atoms with Crippen molar-refractivity contribution in [2.24, 2.45) is 5.92 Å². The molecular formula is C16H22NO4+. The molecule has 1 aromatic carbocycles. The van der Waals surface area contributed by atoms with E-state index in [1.54, 1.807) is 36.3 Å². The van der Waals surface area contributed by atoms with Crippen molar-refractivity contribution in [1.82, 2.24) is 0 Å². The van der Waals surface area contributed by atoms with Crippen molar-refractivity contribution >= 4 is 5.97 Å². The molecule has 1 atom stereocenters. The lowest BCUT2D eigenvalue weighted by Crippen LogP contribution is -3.16. The van der Waals surface area contributed by atoms with Gasteiger partial charge >= 0.3 is 5.97 Å². The van der Waals surface area contributed by atoms with E-state index < -0.39 is 0 Å². The van der Waals surface area contributed by atoms with E-state index in [9.17, 15) is 4.79 Å². The second-order valence-corrected chi connectivity index (χ2v) is 5.78. The molecular weight excluding hydrogens is 270 g/mol. The highest BCUT2D eigenvalue weighted by molar-refractivity contribution is 5.71. The van der Waals surface area contributed by atoms with E-state index in [0.717, 1.165) is 12.3 Å². The molecule has 0 aromatic heterocycles. The zero-order valence-electron chi connectivity index (χ0n) is 12.3. The maximum absolute atomic E-state index is 11.9. The number of methoxy groups -OCH3 is 1. The fourth-order valence-corrected chi connectivity index (χ4v) is 3.23. The molecule has 0 aliphatic carbocycles. The Balaban J connectivity index is 1.45. The molecule has 0 amide bonds. The zero-order valence-corrected chi connectivity index (χ0v) is 12.3. The number of nitrogens with one attached hydrogen (secondary N) is 1. The molecule has 3 aliphatic heterocycles. The van der Waals surface area contributed by atoms with Gasteiger partial charge in [-0.05, 0) is 24.3 Å². The predicted octanol–water partition coefficient (Wildman–Crippen LogP) is 0.294. The number of benzene rings is 1. The van der Waals surface area contributed by atoms with E-state index in [4.69, 9.17) is 14.2 Å². The van der Waals surface area contributed by atoms with E-state index in [0.29, 0.717) is 11.7 Å². The first kappa shape index (κ1) is 14.2. The van der Waals surface area contributed by atoms with Crippen molar-refractivity contribution in [3.63, 3.8) is 0 Å². The summed E-state index contributed by atoms with van der Waals surface area (Å²) in [7, 11) is 1.61. The summed E-state index contributed by atoms with van der Waals surface area (Å²) in [5.41, 5.74) is 0. The van der Waals surface area contributed by atoms with Crippen molar-refractivity contribution in [1.29, 1.82) is 0 Å². The molecule has 21 heavy (non-hydrogen) atoms. The summed E-state index contributed by atoms with van der Waals surface area (Å²) in [6.45, 7) is 3.37. The van der Waals surface area contributed by atoms with Crippen molar-refractivity contribution in [3.8, 4) is 11.5 Å². The minimum atomic E-state index is -0.274. The average Bonchev–Trinajstić information content (AvgIpc) is 2.54. The molecule has 4 rings (SSSR count). The third-order valence-corrected chi connectivity index (χ3v) is 4.45. The van der Waals surface area contributed by atoms with Crippen LogP contribution in [0.25, 0.3) is 0 Å². The highest BCUT2D eigenvalue weighted by Crippen LogP contribution is 2.21. The summed E-state index contributed by atoms with van der Waals surface area (Å²) in [5, 5.41) is 0. The molecule has 5 heteroatoms. The zero-order chi connectivity index (χ0) is 14.7. The van der Waals surface area contributed by atoms with Gasteiger partial charge in [-0.25, -0.2) is 4.79 Å². The highest BCUT2D eigenvalue weighted by Gasteiger charge is 2.39. The third-order valence-electron chi connectivity index (χ3n) is 4.45. The van der Waals surface area contributed by atoms with Crippen LogP contribution in [0.4, 0.5) is 0 Å². The number of hydrogen-bond donors (Lipinski definition) is 1. The molecule has 2 bridgehead atoms. The Kier molecular flexibility index (Phi) is 4.29. The summed E-state index contributed by atoms with van der Waals surface area (Å²) in [4.78, 5) is 13.5. The lowest BCUT2D eigenvalue weighted by atomic mass is 9.86. The van der Waals surface area contributed by atoms with E-state index in [-0.39, 0.29) is 18.7 Å². The number of ether oxygens (including phenoxy) is 3. The molecule has 1 N–H and O–H groups in total. The van der Waals surface area contributed by atoms with Crippen molar-refractivity contribution in [2.75, 3.05) is 33.4 Å². The molecule has 0 radical (unpaired) electrons. The van der Waals surface area contributed by atoms with Gasteiger partial charge in [-0.3, -0.25) is 0 Å². The van der Waals surface area contributed by atoms with Gasteiger partial charge < -0.3 is 19.1 Å². The second kappa shape index (κ2) is 6.35. The summed E-state index contributed by atoms with van der Waals surface area (Å²) in [6.07, 6.45) is 2.42. The van der Waals surface area contributed by atoms with Crippen LogP contribution in [-0.4, -0.2) is 45.4 Å². The fourth-order valence-electron chi connectivity index (χ4n) is 3.23. The summed E-state index contributed by atoms with van der Waals surface area (Å²) in [6, 6.07) is 7.17. The number of fused-ring (bicyclic) bond motifs is 3. The number of quaternary nitrogens is 1. The van der Waals surface area contributed by atoms with Crippen LogP contribution in [0.15, 0.2) is 24.3 Å². The number of rotatable bonds is 5. The Hall–Kier alpha value is -1.75. The van der Waals surface area contributed by atoms with E-state index in [2.05, 4.69) is 0 Å². The number of esters is 1. The van der Waals surface area contributed by atoms with Gasteiger partial charge in [-0.15, -0.1) is 0 Å². The lowest BCUT2D eigenvalue weighted by molar-refractivity contribution is -0.920. The van der Waals surface area contributed by atoms with Crippen LogP contribution in [0.2, 0.25) is 0 Å². The number of hydrogen-bond acceptors (Lipinski definition) is 4. The van der Waals surface area contributed by atoms with E-state index in [1.807, 2.05) is 0 Å². The largest absolute Gasteiger partial charge is 0.497 e. The van der Waals surface area contributed by atoms with Crippen LogP contribution < -0.4 is 14.4 Å². The highest BCUT2D eigenvalue weighted by atomic mass is 16.6. The first-order valence-corrected chi connectivity index (χ1v) is 7.54. The van der Waals surface area contributed by atoms with Crippen LogP contribution in [-0.2, 0) is 9.53 Å². The van der Waals surface area contributed by atoms with Crippen molar-refractivity contribution < 1.29 is 23.9 Å². The predicted molar refractivity (Wildman–Crippen MR) is 76.7 cm³/mol. The Morgan fingerprint density at radius 3 is 2.43 bits per heavy atom. The van der Waals surface area contributed by atoms with Gasteiger partial charge in [-0.2, -0.15) is 0 Å². The molecule has 3 saturated heterocycles. The van der Waals surface area contributed by atoms with Crippen LogP contribution >= 0.6 is 0 Å². The quantitative estimate of drug-likeness (QED) is 0.793. The van der Waals surface area contributed by atoms with E-state index in [1.165, 1.54) is 25.9 Å². The number of carbonyl (C=O) groups excluding carboxylic acids is 1. The summed E-state index contributed by atoms with van der Waals surface area (Å²) < 4.78 is 16.1. The van der Waals surface area contributed by atoms with Crippen LogP contribution in [0.3, 0.4) is 0 Å². The number of piperidine rings is 3. The first-order valence-electron chi connectivity index (χ1n) is 7.54. The molecule has 0 spiro atoms. The molecule has 5 nitrogen and oxygen atoms in total. The fraction of sp³-hybridized carbons (Fsp3) is 0.562. The Labute approximate surface area is 124 Å². The molecule has 0 unspecified atom stereocenters. The summed E-state index contributed by atoms with van der Waals surface area (Å²) >= 11 is 0. The van der Waals surface area contributed by atoms with Crippen LogP contribution in [0.5, 0.6) is 11.5 Å². The topological polar surface area (TPSA) is 49.2 Å². The van der Waals surface area contributed by atoms with Gasteiger partial charge in [0.1, 0.15) is 18.0 Å². The maximum atomic E-state index is 11.9. The van der Waals surface area contributed by atoms with Gasteiger partial charge in [-0.1, -0.05) is 0 Å². The van der Waals surface area contributed by atoms with Crippen LogP contribution in [0, 0.1) is 5.92 Å². The van der Waals surface area contributed by atoms with Crippen molar-refractivity contribution in [3.05, 3.63) is 24.3 Å². The Bertz CT molecular complexity index is 480. The molecule has 3 heterocycles. The lowest BCUT2D eigenvalue weighted by Gasteiger charge is -2.41. The second-order valence-electron chi connectivity index (χ2n) is 5.78. The van der Waals surface area contributed by atoms with E-state index >= 15 is 0 Å². The van der Waals surface area contributed by atoms with Crippen LogP contribution in [0.1, 0.15) is 12.8 Å². The van der Waals surface area contributed by atoms with Gasteiger partial charge in [0.2, 0.25) is 0 Å². The Morgan fingerprint density at radius 2 is 1.86 bits per heavy atom. The molecule has 1 aromatic rings. The third kappa shape index (κ3) is 3.47. The SMILES string of the molecule is COc1ccc(OCC(=O)O[C@@H]2C[NH+]3CCC2CC3)cc1. The van der Waals surface area contributed by atoms with Crippen molar-refractivity contribution in [2.45, 2.75) is 18.9 Å². The van der Waals surface area contributed by atoms with Gasteiger partial charge in [0.25, 0.3) is 0 Å². The molecule has 0 saturated carbocycles. The molecule has 3 fully saturated rings. The molecule has 3 aliphatic rings. The Morgan fingerprint density at radius 1 is 1.19 bits per heavy atom. The smallest absolute Gasteiger partial charge is 0.344 e. The maximum Gasteiger partial charge on any atom is 0.344 e. The van der Waals surface area contributed by atoms with Gasteiger partial charge in [0, 0.05) is 18.8 Å². The number of carbonyl (C=O) groups is 1. The van der Waals surface area contributed by atoms with Gasteiger partial charge in [0.15, 0.2) is 12.7 Å².